The van der Waals surface area contributed by atoms with Gasteiger partial charge >= 0.3 is 5.63 Å². The van der Waals surface area contributed by atoms with E-state index >= 15 is 0 Å². The Hall–Kier alpha value is -3.11. The van der Waals surface area contributed by atoms with E-state index in [4.69, 9.17) is 14.6 Å². The highest BCUT2D eigenvalue weighted by Gasteiger charge is 2.19. The highest BCUT2D eigenvalue weighted by Crippen LogP contribution is 2.35. The van der Waals surface area contributed by atoms with Gasteiger partial charge < -0.3 is 14.6 Å². The molecule has 2 N–H and O–H groups in total. The summed E-state index contributed by atoms with van der Waals surface area (Å²) in [4.78, 5) is 12.6. The van der Waals surface area contributed by atoms with Crippen LogP contribution in [-0.2, 0) is 6.54 Å². The van der Waals surface area contributed by atoms with Crippen molar-refractivity contribution in [2.75, 3.05) is 0 Å². The predicted octanol–water partition coefficient (Wildman–Crippen LogP) is 4.18. The molecule has 4 nitrogen and oxygen atoms in total. The normalized spacial score (nSPS) is 11.0. The maximum Gasteiger partial charge on any atom is 0.348 e. The van der Waals surface area contributed by atoms with Gasteiger partial charge in [0.1, 0.15) is 16.9 Å². The summed E-state index contributed by atoms with van der Waals surface area (Å²) in [6, 6.07) is 18.9. The first kappa shape index (κ1) is 14.5. The maximum atomic E-state index is 12.6. The van der Waals surface area contributed by atoms with Gasteiger partial charge in [-0.1, -0.05) is 42.5 Å². The van der Waals surface area contributed by atoms with E-state index < -0.39 is 5.63 Å². The average Bonchev–Trinajstić information content (AvgIpc) is 3.15. The highest BCUT2D eigenvalue weighted by atomic mass is 16.4. The summed E-state index contributed by atoms with van der Waals surface area (Å²) in [5, 5.41) is 0.865. The summed E-state index contributed by atoms with van der Waals surface area (Å²) in [6.07, 6.45) is 1.55. The Morgan fingerprint density at radius 1 is 0.875 bits per heavy atom. The van der Waals surface area contributed by atoms with Crippen LogP contribution < -0.4 is 11.4 Å². The second kappa shape index (κ2) is 5.83. The van der Waals surface area contributed by atoms with Gasteiger partial charge in [0, 0.05) is 17.5 Å². The van der Waals surface area contributed by atoms with Crippen LogP contribution in [0.1, 0.15) is 5.56 Å². The minimum Gasteiger partial charge on any atom is -0.464 e. The number of nitrogens with two attached hydrogens (primary N) is 1. The van der Waals surface area contributed by atoms with Crippen LogP contribution in [0.4, 0.5) is 0 Å². The molecule has 0 amide bonds. The zero-order chi connectivity index (χ0) is 16.5. The quantitative estimate of drug-likeness (QED) is 0.576. The number of benzene rings is 2. The molecule has 4 heteroatoms. The summed E-state index contributed by atoms with van der Waals surface area (Å²) in [7, 11) is 0. The Morgan fingerprint density at radius 2 is 1.67 bits per heavy atom. The molecule has 0 radical (unpaired) electrons. The van der Waals surface area contributed by atoms with E-state index in [1.165, 1.54) is 0 Å². The van der Waals surface area contributed by atoms with Gasteiger partial charge in [-0.15, -0.1) is 0 Å². The fourth-order valence-electron chi connectivity index (χ4n) is 2.90. The number of hydrogen-bond donors (Lipinski definition) is 1. The van der Waals surface area contributed by atoms with E-state index in [-0.39, 0.29) is 0 Å². The van der Waals surface area contributed by atoms with Crippen molar-refractivity contribution in [2.24, 2.45) is 5.73 Å². The molecule has 24 heavy (non-hydrogen) atoms. The summed E-state index contributed by atoms with van der Waals surface area (Å²) in [5.74, 6) is 0.493. The Labute approximate surface area is 138 Å². The molecule has 118 valence electrons. The van der Waals surface area contributed by atoms with E-state index in [2.05, 4.69) is 0 Å². The third kappa shape index (κ3) is 2.33. The van der Waals surface area contributed by atoms with Gasteiger partial charge in [0.25, 0.3) is 0 Å². The Balaban J connectivity index is 2.10. The lowest BCUT2D eigenvalue weighted by molar-refractivity contribution is 0.548. The first-order valence-corrected chi connectivity index (χ1v) is 7.67. The van der Waals surface area contributed by atoms with Crippen LogP contribution in [0.25, 0.3) is 33.4 Å². The Bertz CT molecular complexity index is 1040. The molecule has 0 bridgehead atoms. The van der Waals surface area contributed by atoms with Crippen molar-refractivity contribution < 1.29 is 8.83 Å². The van der Waals surface area contributed by atoms with Gasteiger partial charge in [0.2, 0.25) is 0 Å². The molecule has 0 saturated heterocycles. The molecule has 2 aromatic heterocycles. The topological polar surface area (TPSA) is 69.4 Å². The zero-order valence-electron chi connectivity index (χ0n) is 12.9. The first-order chi connectivity index (χ1) is 11.8. The van der Waals surface area contributed by atoms with Gasteiger partial charge in [-0.2, -0.15) is 0 Å². The monoisotopic (exact) mass is 317 g/mol. The third-order valence-electron chi connectivity index (χ3n) is 4.06. The fourth-order valence-corrected chi connectivity index (χ4v) is 2.90. The summed E-state index contributed by atoms with van der Waals surface area (Å²) in [5.41, 5.74) is 9.00. The molecule has 0 unspecified atom stereocenters. The van der Waals surface area contributed by atoms with Crippen LogP contribution in [0.2, 0.25) is 0 Å². The van der Waals surface area contributed by atoms with Crippen LogP contribution in [0.3, 0.4) is 0 Å². The van der Waals surface area contributed by atoms with Crippen LogP contribution in [0.15, 0.2) is 80.6 Å². The Morgan fingerprint density at radius 3 is 2.38 bits per heavy atom. The van der Waals surface area contributed by atoms with Gasteiger partial charge in [-0.25, -0.2) is 4.79 Å². The van der Waals surface area contributed by atoms with Gasteiger partial charge in [0.15, 0.2) is 0 Å². The van der Waals surface area contributed by atoms with Crippen LogP contribution in [0, 0.1) is 0 Å². The standard InChI is InChI=1S/C20H15NO3/c21-12-13-7-9-14(10-8-13)18-15-4-1-2-5-16(15)24-20(22)19(18)17-6-3-11-23-17/h1-11H,12,21H2. The number of furan rings is 1. The lowest BCUT2D eigenvalue weighted by Gasteiger charge is -2.11. The lowest BCUT2D eigenvalue weighted by atomic mass is 9.95. The Kier molecular flexibility index (Phi) is 3.52. The van der Waals surface area contributed by atoms with Crippen LogP contribution in [-0.4, -0.2) is 0 Å². The van der Waals surface area contributed by atoms with E-state index in [9.17, 15) is 4.79 Å². The molecule has 2 heterocycles. The van der Waals surface area contributed by atoms with Crippen molar-refractivity contribution in [3.63, 3.8) is 0 Å². The zero-order valence-corrected chi connectivity index (χ0v) is 12.9. The van der Waals surface area contributed by atoms with E-state index in [1.807, 2.05) is 42.5 Å². The van der Waals surface area contributed by atoms with Crippen LogP contribution in [0.5, 0.6) is 0 Å². The second-order valence-corrected chi connectivity index (χ2v) is 5.51. The van der Waals surface area contributed by atoms with Crippen molar-refractivity contribution in [3.05, 3.63) is 82.9 Å². The molecule has 0 aliphatic rings. The smallest absolute Gasteiger partial charge is 0.348 e. The van der Waals surface area contributed by atoms with Crippen molar-refractivity contribution >= 4 is 11.0 Å². The van der Waals surface area contributed by atoms with Gasteiger partial charge in [-0.3, -0.25) is 0 Å². The minimum absolute atomic E-state index is 0.415. The molecule has 0 fully saturated rings. The number of fused-ring (bicyclic) bond motifs is 1. The molecule has 0 aliphatic carbocycles. The predicted molar refractivity (Wildman–Crippen MR) is 93.5 cm³/mol. The second-order valence-electron chi connectivity index (χ2n) is 5.51. The molecular formula is C20H15NO3. The van der Waals surface area contributed by atoms with Crippen molar-refractivity contribution in [1.29, 1.82) is 0 Å². The highest BCUT2D eigenvalue weighted by molar-refractivity contribution is 6.00. The molecule has 0 spiro atoms. The molecular weight excluding hydrogens is 302 g/mol. The van der Waals surface area contributed by atoms with E-state index in [0.717, 1.165) is 22.1 Å². The third-order valence-corrected chi connectivity index (χ3v) is 4.06. The van der Waals surface area contributed by atoms with E-state index in [1.54, 1.807) is 24.5 Å². The van der Waals surface area contributed by atoms with Crippen LogP contribution >= 0.6 is 0 Å². The van der Waals surface area contributed by atoms with Crippen molar-refractivity contribution in [2.45, 2.75) is 6.54 Å². The van der Waals surface area contributed by atoms with Crippen molar-refractivity contribution in [1.82, 2.24) is 0 Å². The number of hydrogen-bond acceptors (Lipinski definition) is 4. The van der Waals surface area contributed by atoms with Crippen molar-refractivity contribution in [3.8, 4) is 22.5 Å². The average molecular weight is 317 g/mol. The number of para-hydroxylation sites is 1. The lowest BCUT2D eigenvalue weighted by Crippen LogP contribution is -2.05. The van der Waals surface area contributed by atoms with E-state index in [0.29, 0.717) is 23.5 Å². The molecule has 0 saturated carbocycles. The minimum atomic E-state index is -0.415. The molecule has 4 rings (SSSR count). The maximum absolute atomic E-state index is 12.6. The fraction of sp³-hybridized carbons (Fsp3) is 0.0500. The first-order valence-electron chi connectivity index (χ1n) is 7.67. The number of rotatable bonds is 3. The molecule has 0 atom stereocenters. The summed E-state index contributed by atoms with van der Waals surface area (Å²) >= 11 is 0. The summed E-state index contributed by atoms with van der Waals surface area (Å²) < 4.78 is 11.0. The largest absolute Gasteiger partial charge is 0.464 e. The SMILES string of the molecule is NCc1ccc(-c2c(-c3ccco3)c(=O)oc3ccccc23)cc1. The molecule has 4 aromatic rings. The van der Waals surface area contributed by atoms with Gasteiger partial charge in [0.05, 0.1) is 6.26 Å². The van der Waals surface area contributed by atoms with Gasteiger partial charge in [-0.05, 0) is 29.3 Å². The molecule has 0 aliphatic heterocycles. The summed E-state index contributed by atoms with van der Waals surface area (Å²) in [6.45, 7) is 0.475. The molecule has 2 aromatic carbocycles.